The number of hydrogen-bond donors (Lipinski definition) is 0. The number of carbonyl (C=O) groups is 1. The molecule has 5 rings (SSSR count). The van der Waals surface area contributed by atoms with Crippen LogP contribution in [0.3, 0.4) is 0 Å². The molecule has 1 fully saturated rings. The van der Waals surface area contributed by atoms with E-state index in [0.717, 1.165) is 18.5 Å². The van der Waals surface area contributed by atoms with Crippen molar-refractivity contribution in [3.63, 3.8) is 0 Å². The van der Waals surface area contributed by atoms with E-state index >= 15 is 0 Å². The minimum Gasteiger partial charge on any atom is -0.337 e. The first-order chi connectivity index (χ1) is 17.2. The molecule has 36 heavy (non-hydrogen) atoms. The molecule has 2 aliphatic rings. The predicted octanol–water partition coefficient (Wildman–Crippen LogP) is 3.63. The van der Waals surface area contributed by atoms with E-state index in [1.165, 1.54) is 17.1 Å². The average Bonchev–Trinajstić information content (AvgIpc) is 3.54. The Labute approximate surface area is 201 Å². The van der Waals surface area contributed by atoms with Crippen LogP contribution in [-0.4, -0.2) is 68.1 Å². The molecule has 1 saturated heterocycles. The normalized spacial score (nSPS) is 18.2. The summed E-state index contributed by atoms with van der Waals surface area (Å²) in [6.07, 6.45) is -0.996. The molecule has 2 aromatic heterocycles. The second-order valence-corrected chi connectivity index (χ2v) is 8.17. The van der Waals surface area contributed by atoms with E-state index < -0.39 is 35.4 Å². The van der Waals surface area contributed by atoms with Gasteiger partial charge in [0.05, 0.1) is 18.4 Å². The number of carbonyl (C=O) groups excluding carboxylic acids is 1. The Balaban J connectivity index is 1.29. The number of hydrogen-bond acceptors (Lipinski definition) is 6. The minimum atomic E-state index is -4.75. The zero-order chi connectivity index (χ0) is 25.4. The lowest BCUT2D eigenvalue weighted by atomic mass is 10.0. The van der Waals surface area contributed by atoms with Crippen LogP contribution in [0.25, 0.3) is 5.82 Å². The lowest BCUT2D eigenvalue weighted by Gasteiger charge is -2.37. The van der Waals surface area contributed by atoms with Crippen molar-refractivity contribution in [1.82, 2.24) is 29.7 Å². The number of amides is 2. The summed E-state index contributed by atoms with van der Waals surface area (Å²) in [5, 5.41) is 9.05. The molecule has 0 N–H and O–H groups in total. The van der Waals surface area contributed by atoms with Crippen molar-refractivity contribution in [2.75, 3.05) is 31.1 Å². The highest BCUT2D eigenvalue weighted by Crippen LogP contribution is 2.32. The highest BCUT2D eigenvalue weighted by Gasteiger charge is 2.37. The number of nitrogens with zero attached hydrogens (tertiary/aromatic N) is 8. The summed E-state index contributed by atoms with van der Waals surface area (Å²) in [6, 6.07) is 5.94. The SMILES string of the molecule is O=C(N1CCN(c2ncc(F)c(-n3nccc3C(F)(F)F)n2)CC1)N1N=CC[C@H]1c1cccc(F)c1. The van der Waals surface area contributed by atoms with Crippen LogP contribution in [0.4, 0.5) is 32.7 Å². The van der Waals surface area contributed by atoms with E-state index in [-0.39, 0.29) is 38.2 Å². The van der Waals surface area contributed by atoms with E-state index in [0.29, 0.717) is 16.7 Å². The Morgan fingerprint density at radius 3 is 2.56 bits per heavy atom. The van der Waals surface area contributed by atoms with Crippen molar-refractivity contribution in [1.29, 1.82) is 0 Å². The molecular formula is C22H19F5N8O. The zero-order valence-electron chi connectivity index (χ0n) is 18.6. The van der Waals surface area contributed by atoms with Crippen LogP contribution in [0.2, 0.25) is 0 Å². The molecule has 9 nitrogen and oxygen atoms in total. The molecular weight excluding hydrogens is 487 g/mol. The van der Waals surface area contributed by atoms with E-state index in [1.807, 2.05) is 0 Å². The minimum absolute atomic E-state index is 0.0129. The third-order valence-corrected chi connectivity index (χ3v) is 5.94. The van der Waals surface area contributed by atoms with Crippen molar-refractivity contribution >= 4 is 18.2 Å². The summed E-state index contributed by atoms with van der Waals surface area (Å²) in [5.74, 6) is -2.08. The van der Waals surface area contributed by atoms with Gasteiger partial charge in [0.2, 0.25) is 5.95 Å². The second-order valence-electron chi connectivity index (χ2n) is 8.17. The molecule has 14 heteroatoms. The first kappa shape index (κ1) is 23.6. The largest absolute Gasteiger partial charge is 0.433 e. The first-order valence-corrected chi connectivity index (χ1v) is 11.0. The predicted molar refractivity (Wildman–Crippen MR) is 117 cm³/mol. The summed E-state index contributed by atoms with van der Waals surface area (Å²) in [6.45, 7) is 0.993. The fourth-order valence-electron chi connectivity index (χ4n) is 4.17. The standard InChI is InChI=1S/C22H19F5N8O/c23-15-3-1-2-14(12-15)17-4-6-29-34(17)21(36)33-10-8-32(9-11-33)20-28-13-16(24)19(31-20)35-18(5-7-30-35)22(25,26)27/h1-3,5-7,12-13,17H,4,8-11H2/t17-/m0/s1. The number of alkyl halides is 3. The quantitative estimate of drug-likeness (QED) is 0.507. The maximum absolute atomic E-state index is 14.3. The molecule has 0 unspecified atom stereocenters. The number of urea groups is 1. The van der Waals surface area contributed by atoms with Crippen LogP contribution in [0.15, 0.2) is 47.8 Å². The van der Waals surface area contributed by atoms with Gasteiger partial charge in [-0.05, 0) is 23.8 Å². The van der Waals surface area contributed by atoms with Crippen LogP contribution >= 0.6 is 0 Å². The van der Waals surface area contributed by atoms with E-state index in [2.05, 4.69) is 20.2 Å². The Bertz CT molecular complexity index is 1300. The van der Waals surface area contributed by atoms with E-state index in [1.54, 1.807) is 28.1 Å². The molecule has 2 amide bonds. The van der Waals surface area contributed by atoms with Crippen molar-refractivity contribution < 1.29 is 26.7 Å². The number of hydrazone groups is 1. The highest BCUT2D eigenvalue weighted by molar-refractivity contribution is 5.78. The summed E-state index contributed by atoms with van der Waals surface area (Å²) in [5.41, 5.74) is -0.538. The van der Waals surface area contributed by atoms with Crippen LogP contribution in [-0.2, 0) is 6.18 Å². The topological polar surface area (TPSA) is 82.8 Å². The van der Waals surface area contributed by atoms with E-state index in [4.69, 9.17) is 0 Å². The van der Waals surface area contributed by atoms with Gasteiger partial charge in [0.15, 0.2) is 11.6 Å². The van der Waals surface area contributed by atoms with Crippen LogP contribution in [0.1, 0.15) is 23.7 Å². The van der Waals surface area contributed by atoms with Gasteiger partial charge in [0.1, 0.15) is 11.5 Å². The molecule has 0 saturated carbocycles. The lowest BCUT2D eigenvalue weighted by Crippen LogP contribution is -2.52. The maximum atomic E-state index is 14.3. The molecule has 1 atom stereocenters. The van der Waals surface area contributed by atoms with Crippen molar-refractivity contribution in [3.8, 4) is 5.82 Å². The van der Waals surface area contributed by atoms with Gasteiger partial charge in [0.25, 0.3) is 0 Å². The number of halogens is 5. The number of piperazine rings is 1. The fraction of sp³-hybridized carbons (Fsp3) is 0.318. The second kappa shape index (κ2) is 9.17. The maximum Gasteiger partial charge on any atom is 0.433 e. The fourth-order valence-corrected chi connectivity index (χ4v) is 4.17. The van der Waals surface area contributed by atoms with Gasteiger partial charge in [0, 0.05) is 38.8 Å². The van der Waals surface area contributed by atoms with Crippen molar-refractivity contribution in [3.05, 3.63) is 65.6 Å². The van der Waals surface area contributed by atoms with Crippen LogP contribution < -0.4 is 4.90 Å². The van der Waals surface area contributed by atoms with Gasteiger partial charge >= 0.3 is 12.2 Å². The Hall–Kier alpha value is -4.10. The van der Waals surface area contributed by atoms with Gasteiger partial charge < -0.3 is 9.80 Å². The molecule has 0 spiro atoms. The number of benzene rings is 1. The Morgan fingerprint density at radius 1 is 1.06 bits per heavy atom. The number of anilines is 1. The molecule has 1 aromatic carbocycles. The Morgan fingerprint density at radius 2 is 1.83 bits per heavy atom. The molecule has 3 aromatic rings. The van der Waals surface area contributed by atoms with Gasteiger partial charge in [-0.15, -0.1) is 0 Å². The molecule has 0 radical (unpaired) electrons. The molecule has 4 heterocycles. The number of aromatic nitrogens is 4. The van der Waals surface area contributed by atoms with E-state index in [9.17, 15) is 26.7 Å². The summed E-state index contributed by atoms with van der Waals surface area (Å²) in [4.78, 5) is 24.2. The van der Waals surface area contributed by atoms with Gasteiger partial charge in [-0.1, -0.05) is 12.1 Å². The van der Waals surface area contributed by atoms with Crippen LogP contribution in [0, 0.1) is 11.6 Å². The lowest BCUT2D eigenvalue weighted by molar-refractivity contribution is -0.142. The molecule has 0 aliphatic carbocycles. The van der Waals surface area contributed by atoms with Gasteiger partial charge in [-0.25, -0.2) is 28.3 Å². The summed E-state index contributed by atoms with van der Waals surface area (Å²) >= 11 is 0. The van der Waals surface area contributed by atoms with Crippen LogP contribution in [0.5, 0.6) is 0 Å². The Kier molecular flexibility index (Phi) is 6.02. The molecule has 0 bridgehead atoms. The third-order valence-electron chi connectivity index (χ3n) is 5.94. The summed E-state index contributed by atoms with van der Waals surface area (Å²) in [7, 11) is 0. The van der Waals surface area contributed by atoms with Gasteiger partial charge in [-0.3, -0.25) is 0 Å². The smallest absolute Gasteiger partial charge is 0.337 e. The average molecular weight is 506 g/mol. The molecule has 2 aliphatic heterocycles. The van der Waals surface area contributed by atoms with Crippen molar-refractivity contribution in [2.24, 2.45) is 5.10 Å². The van der Waals surface area contributed by atoms with Crippen molar-refractivity contribution in [2.45, 2.75) is 18.6 Å². The number of rotatable bonds is 3. The van der Waals surface area contributed by atoms with Gasteiger partial charge in [-0.2, -0.15) is 28.4 Å². The monoisotopic (exact) mass is 506 g/mol. The third kappa shape index (κ3) is 4.45. The highest BCUT2D eigenvalue weighted by atomic mass is 19.4. The summed E-state index contributed by atoms with van der Waals surface area (Å²) < 4.78 is 68.2. The first-order valence-electron chi connectivity index (χ1n) is 11.0. The zero-order valence-corrected chi connectivity index (χ0v) is 18.6. The molecule has 188 valence electrons.